The van der Waals surface area contributed by atoms with Crippen LogP contribution in [0.5, 0.6) is 0 Å². The van der Waals surface area contributed by atoms with E-state index in [1.807, 2.05) is 18.3 Å². The van der Waals surface area contributed by atoms with Crippen molar-refractivity contribution in [3.05, 3.63) is 24.2 Å². The number of nitrogens with zero attached hydrogens (tertiary/aromatic N) is 3. The molecule has 2 aromatic rings. The first-order valence-corrected chi connectivity index (χ1v) is 6.59. The normalized spacial score (nSPS) is 13.7. The average Bonchev–Trinajstić information content (AvgIpc) is 2.68. The number of aromatic nitrogens is 3. The van der Waals surface area contributed by atoms with Crippen molar-refractivity contribution in [2.75, 3.05) is 6.54 Å². The van der Waals surface area contributed by atoms with Gasteiger partial charge in [-0.05, 0) is 31.9 Å². The highest BCUT2D eigenvalue weighted by Gasteiger charge is 2.23. The number of hydrogen-bond donors (Lipinski definition) is 1. The highest BCUT2D eigenvalue weighted by molar-refractivity contribution is 5.71. The van der Waals surface area contributed by atoms with Gasteiger partial charge < -0.3 is 10.3 Å². The van der Waals surface area contributed by atoms with Gasteiger partial charge in [0, 0.05) is 24.7 Å². The molecule has 2 heterocycles. The van der Waals surface area contributed by atoms with E-state index in [1.165, 1.54) is 0 Å². The molecule has 2 N–H and O–H groups in total. The zero-order valence-electron chi connectivity index (χ0n) is 11.6. The van der Waals surface area contributed by atoms with Gasteiger partial charge >= 0.3 is 0 Å². The summed E-state index contributed by atoms with van der Waals surface area (Å²) in [5, 5.41) is 0. The minimum absolute atomic E-state index is 0.279. The fraction of sp³-hybridized carbons (Fsp3) is 0.571. The van der Waals surface area contributed by atoms with Crippen LogP contribution in [0.15, 0.2) is 18.3 Å². The summed E-state index contributed by atoms with van der Waals surface area (Å²) in [6, 6.07) is 4.28. The second-order valence-corrected chi connectivity index (χ2v) is 5.37. The van der Waals surface area contributed by atoms with E-state index in [0.29, 0.717) is 18.5 Å². The second-order valence-electron chi connectivity index (χ2n) is 5.37. The number of nitrogens with two attached hydrogens (primary N) is 1. The molecule has 4 nitrogen and oxygen atoms in total. The van der Waals surface area contributed by atoms with Gasteiger partial charge in [-0.15, -0.1) is 0 Å². The maximum Gasteiger partial charge on any atom is 0.160 e. The van der Waals surface area contributed by atoms with Gasteiger partial charge in [0.25, 0.3) is 0 Å². The third-order valence-electron chi connectivity index (χ3n) is 3.38. The van der Waals surface area contributed by atoms with Crippen LogP contribution in [0.3, 0.4) is 0 Å². The van der Waals surface area contributed by atoms with Crippen molar-refractivity contribution in [2.24, 2.45) is 11.7 Å². The van der Waals surface area contributed by atoms with Gasteiger partial charge in [0.2, 0.25) is 0 Å². The predicted octanol–water partition coefficient (Wildman–Crippen LogP) is 2.71. The quantitative estimate of drug-likeness (QED) is 0.902. The van der Waals surface area contributed by atoms with Gasteiger partial charge in [0.15, 0.2) is 5.65 Å². The van der Waals surface area contributed by atoms with Crippen molar-refractivity contribution in [1.29, 1.82) is 0 Å². The van der Waals surface area contributed by atoms with Crippen molar-refractivity contribution in [1.82, 2.24) is 14.5 Å². The van der Waals surface area contributed by atoms with Gasteiger partial charge in [-0.25, -0.2) is 9.97 Å². The third-order valence-corrected chi connectivity index (χ3v) is 3.38. The van der Waals surface area contributed by atoms with E-state index < -0.39 is 0 Å². The number of rotatable bonds is 4. The Morgan fingerprint density at radius 3 is 2.56 bits per heavy atom. The molecule has 0 aliphatic carbocycles. The lowest BCUT2D eigenvalue weighted by Crippen LogP contribution is -2.22. The van der Waals surface area contributed by atoms with Gasteiger partial charge in [-0.1, -0.05) is 13.8 Å². The lowest BCUT2D eigenvalue weighted by molar-refractivity contribution is 0.448. The molecule has 0 saturated carbocycles. The molecule has 0 aliphatic heterocycles. The maximum absolute atomic E-state index is 5.92. The van der Waals surface area contributed by atoms with E-state index in [-0.39, 0.29) is 5.92 Å². The first-order chi connectivity index (χ1) is 8.56. The van der Waals surface area contributed by atoms with Gasteiger partial charge in [0.1, 0.15) is 11.3 Å². The molecule has 0 radical (unpaired) electrons. The van der Waals surface area contributed by atoms with Crippen LogP contribution in [0, 0.1) is 5.92 Å². The summed E-state index contributed by atoms with van der Waals surface area (Å²) in [4.78, 5) is 9.21. The van der Waals surface area contributed by atoms with Crippen LogP contribution in [-0.4, -0.2) is 21.1 Å². The molecule has 0 aromatic carbocycles. The fourth-order valence-electron chi connectivity index (χ4n) is 2.39. The first-order valence-electron chi connectivity index (χ1n) is 6.59. The van der Waals surface area contributed by atoms with E-state index in [1.54, 1.807) is 0 Å². The molecule has 0 amide bonds. The smallest absolute Gasteiger partial charge is 0.160 e. The summed E-state index contributed by atoms with van der Waals surface area (Å²) in [7, 11) is 0. The Bertz CT molecular complexity index is 528. The van der Waals surface area contributed by atoms with Crippen molar-refractivity contribution in [2.45, 2.75) is 39.7 Å². The number of fused-ring (bicyclic) bond motifs is 1. The Labute approximate surface area is 108 Å². The Kier molecular flexibility index (Phi) is 3.66. The standard InChI is InChI=1S/C14H22N4/c1-9(2)11(8-15)13-17-12-6-5-7-16-14(12)18(13)10(3)4/h5-7,9-11H,8,15H2,1-4H3. The molecule has 0 aliphatic rings. The predicted molar refractivity (Wildman–Crippen MR) is 74.5 cm³/mol. The summed E-state index contributed by atoms with van der Waals surface area (Å²) in [6.45, 7) is 9.32. The van der Waals surface area contributed by atoms with Gasteiger partial charge in [0.05, 0.1) is 0 Å². The van der Waals surface area contributed by atoms with E-state index in [9.17, 15) is 0 Å². The number of imidazole rings is 1. The molecule has 2 rings (SSSR count). The van der Waals surface area contributed by atoms with Crippen LogP contribution in [0.1, 0.15) is 45.5 Å². The van der Waals surface area contributed by atoms with Crippen molar-refractivity contribution in [3.63, 3.8) is 0 Å². The molecule has 98 valence electrons. The molecule has 0 spiro atoms. The maximum atomic E-state index is 5.92. The highest BCUT2D eigenvalue weighted by atomic mass is 15.1. The molecular weight excluding hydrogens is 224 g/mol. The molecule has 0 bridgehead atoms. The van der Waals surface area contributed by atoms with Crippen molar-refractivity contribution >= 4 is 11.2 Å². The molecule has 0 fully saturated rings. The van der Waals surface area contributed by atoms with E-state index in [0.717, 1.165) is 17.0 Å². The second kappa shape index (κ2) is 5.06. The summed E-state index contributed by atoms with van der Waals surface area (Å²) in [5.41, 5.74) is 7.84. The minimum Gasteiger partial charge on any atom is -0.330 e. The first kappa shape index (κ1) is 13.0. The molecule has 0 saturated heterocycles. The van der Waals surface area contributed by atoms with Gasteiger partial charge in [-0.3, -0.25) is 0 Å². The van der Waals surface area contributed by atoms with E-state index in [4.69, 9.17) is 10.7 Å². The Balaban J connectivity index is 2.65. The fourth-order valence-corrected chi connectivity index (χ4v) is 2.39. The topological polar surface area (TPSA) is 56.7 Å². The largest absolute Gasteiger partial charge is 0.330 e. The monoisotopic (exact) mass is 246 g/mol. The third kappa shape index (κ3) is 2.12. The summed E-state index contributed by atoms with van der Waals surface area (Å²) >= 11 is 0. The lowest BCUT2D eigenvalue weighted by Gasteiger charge is -2.21. The highest BCUT2D eigenvalue weighted by Crippen LogP contribution is 2.28. The molecule has 1 atom stereocenters. The molecule has 2 aromatic heterocycles. The van der Waals surface area contributed by atoms with Crippen LogP contribution in [0.25, 0.3) is 11.2 Å². The molecule has 18 heavy (non-hydrogen) atoms. The Morgan fingerprint density at radius 2 is 2.00 bits per heavy atom. The SMILES string of the molecule is CC(C)C(CN)c1nc2cccnc2n1C(C)C. The van der Waals surface area contributed by atoms with Crippen LogP contribution < -0.4 is 5.73 Å². The zero-order chi connectivity index (χ0) is 13.3. The van der Waals surface area contributed by atoms with Crippen LogP contribution in [0.4, 0.5) is 0 Å². The van der Waals surface area contributed by atoms with Crippen LogP contribution in [0.2, 0.25) is 0 Å². The van der Waals surface area contributed by atoms with Crippen molar-refractivity contribution in [3.8, 4) is 0 Å². The Hall–Kier alpha value is -1.42. The minimum atomic E-state index is 0.279. The van der Waals surface area contributed by atoms with E-state index >= 15 is 0 Å². The average molecular weight is 246 g/mol. The molecule has 1 unspecified atom stereocenters. The summed E-state index contributed by atoms with van der Waals surface area (Å²) in [6.07, 6.45) is 1.82. The lowest BCUT2D eigenvalue weighted by atomic mass is 9.95. The molecular formula is C14H22N4. The molecule has 4 heteroatoms. The number of hydrogen-bond acceptors (Lipinski definition) is 3. The zero-order valence-corrected chi connectivity index (χ0v) is 11.6. The van der Waals surface area contributed by atoms with Crippen LogP contribution >= 0.6 is 0 Å². The summed E-state index contributed by atoms with van der Waals surface area (Å²) in [5.74, 6) is 1.82. The summed E-state index contributed by atoms with van der Waals surface area (Å²) < 4.78 is 2.22. The van der Waals surface area contributed by atoms with Crippen molar-refractivity contribution < 1.29 is 0 Å². The van der Waals surface area contributed by atoms with Gasteiger partial charge in [-0.2, -0.15) is 0 Å². The van der Waals surface area contributed by atoms with E-state index in [2.05, 4.69) is 37.2 Å². The van der Waals surface area contributed by atoms with Crippen LogP contribution in [-0.2, 0) is 0 Å². The number of pyridine rings is 1. The Morgan fingerprint density at radius 1 is 1.28 bits per heavy atom.